The van der Waals surface area contributed by atoms with Gasteiger partial charge < -0.3 is 9.47 Å². The second-order valence-electron chi connectivity index (χ2n) is 8.95. The van der Waals surface area contributed by atoms with E-state index in [9.17, 15) is 4.79 Å². The number of nitrogens with zero attached hydrogens (tertiary/aromatic N) is 4. The number of hydrogen-bond donors (Lipinski definition) is 0. The van der Waals surface area contributed by atoms with Crippen molar-refractivity contribution in [3.05, 3.63) is 59.8 Å². The molecule has 2 aromatic heterocycles. The molecule has 3 heterocycles. The molecule has 2 aliphatic rings. The fourth-order valence-electron chi connectivity index (χ4n) is 4.85. The van der Waals surface area contributed by atoms with Crippen LogP contribution in [0, 0.1) is 12.8 Å². The highest BCUT2D eigenvalue weighted by Crippen LogP contribution is 2.36. The normalized spacial score (nSPS) is 18.0. The number of piperidine rings is 1. The van der Waals surface area contributed by atoms with Crippen molar-refractivity contribution in [1.82, 2.24) is 19.4 Å². The monoisotopic (exact) mass is 402 g/mol. The van der Waals surface area contributed by atoms with Gasteiger partial charge in [-0.25, -0.2) is 9.97 Å². The topological polar surface area (TPSA) is 51.0 Å². The zero-order chi connectivity index (χ0) is 20.5. The summed E-state index contributed by atoms with van der Waals surface area (Å²) in [6, 6.07) is 11.8. The number of carbonyl (C=O) groups is 1. The number of benzene rings is 1. The van der Waals surface area contributed by atoms with E-state index in [0.717, 1.165) is 43.4 Å². The molecule has 3 aromatic rings. The number of likely N-dealkylation sites (tertiary alicyclic amines) is 1. The van der Waals surface area contributed by atoms with E-state index in [1.807, 2.05) is 47.5 Å². The molecule has 0 bridgehead atoms. The summed E-state index contributed by atoms with van der Waals surface area (Å²) < 4.78 is 2.44. The van der Waals surface area contributed by atoms with Crippen molar-refractivity contribution < 1.29 is 4.79 Å². The second-order valence-corrected chi connectivity index (χ2v) is 8.95. The Morgan fingerprint density at radius 2 is 1.87 bits per heavy atom. The summed E-state index contributed by atoms with van der Waals surface area (Å²) in [4.78, 5) is 24.2. The summed E-state index contributed by atoms with van der Waals surface area (Å²) in [7, 11) is 0. The van der Waals surface area contributed by atoms with Crippen molar-refractivity contribution in [2.75, 3.05) is 13.1 Å². The van der Waals surface area contributed by atoms with Crippen molar-refractivity contribution in [2.24, 2.45) is 5.92 Å². The Bertz CT molecular complexity index is 1040. The minimum atomic E-state index is 0.0666. The molecule has 0 unspecified atom stereocenters. The minimum Gasteiger partial charge on any atom is -0.337 e. The first-order valence-electron chi connectivity index (χ1n) is 11.4. The molecule has 30 heavy (non-hydrogen) atoms. The highest BCUT2D eigenvalue weighted by atomic mass is 16.2. The summed E-state index contributed by atoms with van der Waals surface area (Å²) in [6.45, 7) is 4.89. The number of hydrogen-bond acceptors (Lipinski definition) is 3. The predicted molar refractivity (Wildman–Crippen MR) is 119 cm³/mol. The molecule has 1 amide bonds. The molecule has 0 spiro atoms. The summed E-state index contributed by atoms with van der Waals surface area (Å²) >= 11 is 0. The van der Waals surface area contributed by atoms with Crippen LogP contribution in [0.4, 0.5) is 0 Å². The molecule has 0 atom stereocenters. The highest BCUT2D eigenvalue weighted by molar-refractivity contribution is 5.94. The Hall–Kier alpha value is -2.69. The maximum atomic E-state index is 12.9. The quantitative estimate of drug-likeness (QED) is 0.607. The van der Waals surface area contributed by atoms with Crippen LogP contribution in [0.3, 0.4) is 0 Å². The molecule has 5 heteroatoms. The number of aromatic nitrogens is 3. The lowest BCUT2D eigenvalue weighted by atomic mass is 9.84. The lowest BCUT2D eigenvalue weighted by molar-refractivity contribution is 0.0679. The Kier molecular flexibility index (Phi) is 5.28. The summed E-state index contributed by atoms with van der Waals surface area (Å²) in [5, 5.41) is 1.07. The number of amides is 1. The maximum Gasteiger partial charge on any atom is 0.272 e. The van der Waals surface area contributed by atoms with Crippen molar-refractivity contribution in [1.29, 1.82) is 0 Å². The first-order chi connectivity index (χ1) is 14.7. The number of imidazole rings is 1. The first-order valence-corrected chi connectivity index (χ1v) is 11.4. The van der Waals surface area contributed by atoms with E-state index in [1.54, 1.807) is 0 Å². The zero-order valence-corrected chi connectivity index (χ0v) is 17.8. The van der Waals surface area contributed by atoms with Gasteiger partial charge in [0.1, 0.15) is 11.5 Å². The molecule has 1 saturated heterocycles. The molecule has 156 valence electrons. The molecule has 2 fully saturated rings. The first kappa shape index (κ1) is 19.3. The number of aryl methyl sites for hydroxylation is 1. The summed E-state index contributed by atoms with van der Waals surface area (Å²) in [5.74, 6) is 2.72. The van der Waals surface area contributed by atoms with Crippen LogP contribution in [-0.2, 0) is 6.54 Å². The Morgan fingerprint density at radius 1 is 1.07 bits per heavy atom. The Morgan fingerprint density at radius 3 is 2.63 bits per heavy atom. The summed E-state index contributed by atoms with van der Waals surface area (Å²) in [6.07, 6.45) is 9.28. The molecule has 1 saturated carbocycles. The zero-order valence-electron chi connectivity index (χ0n) is 17.8. The van der Waals surface area contributed by atoms with Crippen LogP contribution in [0.2, 0.25) is 0 Å². The number of para-hydroxylation sites is 1. The molecule has 0 radical (unpaired) electrons. The molecule has 0 N–H and O–H groups in total. The van der Waals surface area contributed by atoms with Crippen LogP contribution < -0.4 is 0 Å². The third kappa shape index (κ3) is 3.73. The van der Waals surface area contributed by atoms with Crippen molar-refractivity contribution >= 4 is 16.8 Å². The van der Waals surface area contributed by atoms with Gasteiger partial charge in [-0.05, 0) is 57.1 Å². The molecular weight excluding hydrogens is 372 g/mol. The van der Waals surface area contributed by atoms with E-state index in [2.05, 4.69) is 16.5 Å². The van der Waals surface area contributed by atoms with Crippen molar-refractivity contribution in [3.63, 3.8) is 0 Å². The smallest absolute Gasteiger partial charge is 0.272 e. The molecular formula is C25H30N4O. The Labute approximate surface area is 178 Å². The fourth-order valence-corrected chi connectivity index (χ4v) is 4.85. The highest BCUT2D eigenvalue weighted by Gasteiger charge is 2.27. The maximum absolute atomic E-state index is 12.9. The SMILES string of the molecule is Cc1cnc(C2CCC2)n1CCC1CCN(C(=O)c2ccc3ccccc3n2)CC1. The number of rotatable bonds is 5. The van der Waals surface area contributed by atoms with Crippen LogP contribution in [0.15, 0.2) is 42.6 Å². The minimum absolute atomic E-state index is 0.0666. The number of pyridine rings is 1. The van der Waals surface area contributed by atoms with Crippen LogP contribution in [0.1, 0.15) is 66.4 Å². The lowest BCUT2D eigenvalue weighted by Gasteiger charge is -2.32. The van der Waals surface area contributed by atoms with Crippen LogP contribution in [0.25, 0.3) is 10.9 Å². The van der Waals surface area contributed by atoms with Gasteiger partial charge in [0.25, 0.3) is 5.91 Å². The fraction of sp³-hybridized carbons (Fsp3) is 0.480. The van der Waals surface area contributed by atoms with Gasteiger partial charge in [-0.1, -0.05) is 30.7 Å². The average Bonchev–Trinajstić information content (AvgIpc) is 3.10. The molecule has 5 nitrogen and oxygen atoms in total. The third-order valence-electron chi connectivity index (χ3n) is 7.04. The van der Waals surface area contributed by atoms with Gasteiger partial charge in [-0.3, -0.25) is 4.79 Å². The molecule has 1 aliphatic carbocycles. The second kappa shape index (κ2) is 8.21. The molecule has 1 aliphatic heterocycles. The van der Waals surface area contributed by atoms with Crippen molar-refractivity contribution in [3.8, 4) is 0 Å². The average molecular weight is 403 g/mol. The van der Waals surface area contributed by atoms with Crippen LogP contribution >= 0.6 is 0 Å². The van der Waals surface area contributed by atoms with Crippen LogP contribution in [-0.4, -0.2) is 38.4 Å². The van der Waals surface area contributed by atoms with Crippen molar-refractivity contribution in [2.45, 2.75) is 57.9 Å². The third-order valence-corrected chi connectivity index (χ3v) is 7.04. The van der Waals surface area contributed by atoms with Crippen LogP contribution in [0.5, 0.6) is 0 Å². The van der Waals surface area contributed by atoms with E-state index < -0.39 is 0 Å². The molecule has 1 aromatic carbocycles. The van der Waals surface area contributed by atoms with E-state index in [4.69, 9.17) is 4.98 Å². The van der Waals surface area contributed by atoms with Gasteiger partial charge in [-0.2, -0.15) is 0 Å². The van der Waals surface area contributed by atoms with Gasteiger partial charge >= 0.3 is 0 Å². The summed E-state index contributed by atoms with van der Waals surface area (Å²) in [5.41, 5.74) is 2.73. The standard InChI is InChI=1S/C25H30N4O/c1-18-17-26-24(21-6-4-7-21)29(18)16-13-19-11-14-28(15-12-19)25(30)23-10-9-20-5-2-3-8-22(20)27-23/h2-3,5,8-10,17,19,21H,4,6-7,11-16H2,1H3. The van der Waals surface area contributed by atoms with Gasteiger partial charge in [0.2, 0.25) is 0 Å². The predicted octanol–water partition coefficient (Wildman–Crippen LogP) is 4.95. The van der Waals surface area contributed by atoms with Gasteiger partial charge in [0.15, 0.2) is 0 Å². The number of carbonyl (C=O) groups excluding carboxylic acids is 1. The van der Waals surface area contributed by atoms with E-state index in [0.29, 0.717) is 17.5 Å². The van der Waals surface area contributed by atoms with E-state index in [-0.39, 0.29) is 5.91 Å². The van der Waals surface area contributed by atoms with Gasteiger partial charge in [0, 0.05) is 42.8 Å². The van der Waals surface area contributed by atoms with Gasteiger partial charge in [0.05, 0.1) is 5.52 Å². The number of fused-ring (bicyclic) bond motifs is 1. The largest absolute Gasteiger partial charge is 0.337 e. The Balaban J connectivity index is 1.17. The van der Waals surface area contributed by atoms with Gasteiger partial charge in [-0.15, -0.1) is 0 Å². The lowest BCUT2D eigenvalue weighted by Crippen LogP contribution is -2.39. The van der Waals surface area contributed by atoms with E-state index >= 15 is 0 Å². The molecule has 5 rings (SSSR count). The van der Waals surface area contributed by atoms with E-state index in [1.165, 1.54) is 37.2 Å².